The number of esters is 6. The van der Waals surface area contributed by atoms with Crippen LogP contribution in [-0.4, -0.2) is 107 Å². The van der Waals surface area contributed by atoms with E-state index in [9.17, 15) is 38.4 Å². The Morgan fingerprint density at radius 3 is 1.65 bits per heavy atom. The topological polar surface area (TPSA) is 227 Å². The number of aromatic nitrogens is 2. The zero-order valence-electron chi connectivity index (χ0n) is 29.8. The molecule has 3 aliphatic rings. The Hall–Kier alpha value is -7.04. The van der Waals surface area contributed by atoms with Crippen molar-refractivity contribution in [2.24, 2.45) is 0 Å². The summed E-state index contributed by atoms with van der Waals surface area (Å²) < 4.78 is 33.7. The predicted octanol–water partition coefficient (Wildman–Crippen LogP) is 2.61. The molecule has 278 valence electrons. The summed E-state index contributed by atoms with van der Waals surface area (Å²) >= 11 is 0. The fraction of sp³-hybridized carbons (Fsp3) is 0.243. The minimum absolute atomic E-state index is 0.00864. The molecule has 0 N–H and O–H groups in total. The molecule has 0 spiro atoms. The number of carbonyl (C=O) groups excluding carboxylic acids is 8. The molecule has 2 aromatic heterocycles. The highest BCUT2D eigenvalue weighted by atomic mass is 16.5. The van der Waals surface area contributed by atoms with Gasteiger partial charge in [-0.1, -0.05) is 0 Å². The summed E-state index contributed by atoms with van der Waals surface area (Å²) in [4.78, 5) is 105. The van der Waals surface area contributed by atoms with E-state index in [0.717, 1.165) is 20.3 Å². The molecule has 17 nitrogen and oxygen atoms in total. The van der Waals surface area contributed by atoms with Gasteiger partial charge in [0.1, 0.15) is 28.3 Å². The molecule has 0 aliphatic heterocycles. The van der Waals surface area contributed by atoms with Crippen LogP contribution in [0.3, 0.4) is 0 Å². The van der Waals surface area contributed by atoms with Crippen molar-refractivity contribution >= 4 is 69.9 Å². The van der Waals surface area contributed by atoms with Gasteiger partial charge in [-0.05, 0) is 47.1 Å². The van der Waals surface area contributed by atoms with E-state index in [1.165, 1.54) is 47.7 Å². The molecule has 3 aliphatic carbocycles. The fourth-order valence-electron chi connectivity index (χ4n) is 6.13. The molecule has 0 saturated heterocycles. The smallest absolute Gasteiger partial charge is 0.356 e. The van der Waals surface area contributed by atoms with Crippen molar-refractivity contribution < 1.29 is 71.5 Å². The molecule has 0 saturated carbocycles. The van der Waals surface area contributed by atoms with Crippen LogP contribution in [0.4, 0.5) is 0 Å². The summed E-state index contributed by atoms with van der Waals surface area (Å²) in [6.45, 7) is 0. The number of rotatable bonds is 7. The number of pyridine rings is 2. The molecule has 0 radical (unpaired) electrons. The lowest BCUT2D eigenvalue weighted by Crippen LogP contribution is -2.27. The molecule has 17 heteroatoms. The zero-order chi connectivity index (χ0) is 39.6. The van der Waals surface area contributed by atoms with Gasteiger partial charge < -0.3 is 33.2 Å². The van der Waals surface area contributed by atoms with E-state index >= 15 is 0 Å². The van der Waals surface area contributed by atoms with E-state index in [1.807, 2.05) is 0 Å². The highest BCUT2D eigenvalue weighted by molar-refractivity contribution is 6.53. The number of allylic oxidation sites excluding steroid dienone is 3. The number of methoxy groups -OCH3 is 7. The molecule has 0 atom stereocenters. The first-order valence-corrected chi connectivity index (χ1v) is 15.6. The van der Waals surface area contributed by atoms with Crippen molar-refractivity contribution in [3.63, 3.8) is 0 Å². The van der Waals surface area contributed by atoms with Crippen LogP contribution in [0.15, 0.2) is 41.0 Å². The SMILES string of the molecule is COC(=O)C1=CC2=C(C1)c1c(C(=O)OC)cc(C(=O)OC)nc1C(=O)C2=O.COC(=O)C1=Cc2cc(OC)c3nc(C(=O)OC)cc(C(=O)OC)c3c2C1. The second-order valence-corrected chi connectivity index (χ2v) is 11.4. The van der Waals surface area contributed by atoms with E-state index in [1.54, 1.807) is 12.1 Å². The van der Waals surface area contributed by atoms with Gasteiger partial charge in [-0.3, -0.25) is 9.59 Å². The predicted molar refractivity (Wildman–Crippen MR) is 183 cm³/mol. The van der Waals surface area contributed by atoms with Gasteiger partial charge in [0, 0.05) is 40.5 Å². The first-order chi connectivity index (χ1) is 25.8. The average Bonchev–Trinajstić information content (AvgIpc) is 3.85. The molecule has 0 amide bonds. The van der Waals surface area contributed by atoms with Crippen LogP contribution >= 0.6 is 0 Å². The lowest BCUT2D eigenvalue weighted by Gasteiger charge is -2.19. The lowest BCUT2D eigenvalue weighted by atomic mass is 9.85. The largest absolute Gasteiger partial charge is 0.494 e. The first-order valence-electron chi connectivity index (χ1n) is 15.6. The van der Waals surface area contributed by atoms with Crippen molar-refractivity contribution in [2.45, 2.75) is 12.8 Å². The third-order valence-electron chi connectivity index (χ3n) is 8.60. The zero-order valence-corrected chi connectivity index (χ0v) is 29.8. The van der Waals surface area contributed by atoms with Crippen molar-refractivity contribution in [3.05, 3.63) is 85.9 Å². The number of hydrogen-bond acceptors (Lipinski definition) is 17. The Balaban J connectivity index is 0.000000208. The average molecular weight is 743 g/mol. The molecule has 3 aromatic rings. The van der Waals surface area contributed by atoms with Gasteiger partial charge in [0.05, 0.1) is 60.9 Å². The van der Waals surface area contributed by atoms with Gasteiger partial charge in [-0.2, -0.15) is 0 Å². The molecule has 0 unspecified atom stereocenters. The number of ketones is 2. The van der Waals surface area contributed by atoms with Gasteiger partial charge in [0.15, 0.2) is 0 Å². The maximum Gasteiger partial charge on any atom is 0.356 e. The summed E-state index contributed by atoms with van der Waals surface area (Å²) in [5.41, 5.74) is 1.92. The number of carbonyl (C=O) groups is 8. The highest BCUT2D eigenvalue weighted by Crippen LogP contribution is 2.42. The Bertz CT molecular complexity index is 2330. The number of ether oxygens (including phenoxy) is 7. The van der Waals surface area contributed by atoms with Crippen LogP contribution in [0.2, 0.25) is 0 Å². The molecule has 2 heterocycles. The van der Waals surface area contributed by atoms with Crippen LogP contribution in [0, 0.1) is 0 Å². The van der Waals surface area contributed by atoms with Gasteiger partial charge in [-0.15, -0.1) is 0 Å². The van der Waals surface area contributed by atoms with E-state index in [-0.39, 0.29) is 63.3 Å². The number of Topliss-reactive ketones (excluding diaryl/α,β-unsaturated/α-hetero) is 2. The number of benzene rings is 1. The second-order valence-electron chi connectivity index (χ2n) is 11.4. The van der Waals surface area contributed by atoms with E-state index in [2.05, 4.69) is 19.4 Å². The maximum atomic E-state index is 12.5. The van der Waals surface area contributed by atoms with Crippen LogP contribution in [0.1, 0.15) is 75.3 Å². The standard InChI is InChI=1S/C19H17NO7.C18H13NO8/c1-24-14-7-9-5-10(17(21)25-2)6-11(9)15-12(18(22)26-3)8-13(19(23)27-4)20-16(14)15;1-25-16(22)7-4-8-9(5-7)14(20)15(21)13-12(8)10(17(23)26-2)6-11(19-13)18(24)27-3/h5,7-8H,6H2,1-4H3;5-6H,4H2,1-3H3. The summed E-state index contributed by atoms with van der Waals surface area (Å²) in [5, 5.41) is 0.457. The normalized spacial score (nSPS) is 13.6. The van der Waals surface area contributed by atoms with Gasteiger partial charge in [0.2, 0.25) is 5.78 Å². The molecule has 0 bridgehead atoms. The molecule has 1 aromatic carbocycles. The van der Waals surface area contributed by atoms with Crippen LogP contribution in [0.25, 0.3) is 22.6 Å². The second kappa shape index (κ2) is 15.3. The highest BCUT2D eigenvalue weighted by Gasteiger charge is 2.41. The number of nitrogens with zero attached hydrogens (tertiary/aromatic N) is 2. The minimum Gasteiger partial charge on any atom is -0.494 e. The molecular formula is C37H30N2O15. The molecule has 54 heavy (non-hydrogen) atoms. The quantitative estimate of drug-likeness (QED) is 0.192. The van der Waals surface area contributed by atoms with Crippen LogP contribution < -0.4 is 4.74 Å². The van der Waals surface area contributed by atoms with Crippen LogP contribution in [-0.2, 0) is 49.2 Å². The third-order valence-corrected chi connectivity index (χ3v) is 8.60. The Labute approximate surface area is 305 Å². The van der Waals surface area contributed by atoms with Crippen molar-refractivity contribution in [1.29, 1.82) is 0 Å². The van der Waals surface area contributed by atoms with Crippen molar-refractivity contribution in [2.75, 3.05) is 49.8 Å². The Morgan fingerprint density at radius 2 is 1.09 bits per heavy atom. The molecule has 0 fully saturated rings. The van der Waals surface area contributed by atoms with Gasteiger partial charge >= 0.3 is 35.8 Å². The van der Waals surface area contributed by atoms with Crippen molar-refractivity contribution in [1.82, 2.24) is 9.97 Å². The van der Waals surface area contributed by atoms with E-state index in [4.69, 9.17) is 23.7 Å². The maximum absolute atomic E-state index is 12.5. The summed E-state index contributed by atoms with van der Waals surface area (Å²) in [5.74, 6) is -5.72. The number of fused-ring (bicyclic) bond motifs is 5. The lowest BCUT2D eigenvalue weighted by molar-refractivity contribution is -0.136. The summed E-state index contributed by atoms with van der Waals surface area (Å²) in [6.07, 6.45) is 3.17. The molecular weight excluding hydrogens is 712 g/mol. The summed E-state index contributed by atoms with van der Waals surface area (Å²) in [6, 6.07) is 4.14. The van der Waals surface area contributed by atoms with Crippen molar-refractivity contribution in [3.8, 4) is 5.75 Å². The van der Waals surface area contributed by atoms with E-state index < -0.39 is 47.4 Å². The Kier molecular flexibility index (Phi) is 10.8. The Morgan fingerprint density at radius 1 is 0.574 bits per heavy atom. The fourth-order valence-corrected chi connectivity index (χ4v) is 6.13. The van der Waals surface area contributed by atoms with Gasteiger partial charge in [0.25, 0.3) is 5.78 Å². The first kappa shape index (κ1) is 38.2. The van der Waals surface area contributed by atoms with Gasteiger partial charge in [-0.25, -0.2) is 38.7 Å². The summed E-state index contributed by atoms with van der Waals surface area (Å²) in [7, 11) is 8.64. The monoisotopic (exact) mass is 742 g/mol. The number of hydrogen-bond donors (Lipinski definition) is 0. The van der Waals surface area contributed by atoms with E-state index in [0.29, 0.717) is 33.4 Å². The molecule has 6 rings (SSSR count). The third kappa shape index (κ3) is 6.57. The minimum atomic E-state index is -0.998. The van der Waals surface area contributed by atoms with Crippen LogP contribution in [0.5, 0.6) is 5.75 Å².